The molecule has 0 atom stereocenters. The number of rotatable bonds is 6. The van der Waals surface area contributed by atoms with Crippen molar-refractivity contribution < 1.29 is 4.42 Å². The second-order valence-electron chi connectivity index (χ2n) is 4.54. The van der Waals surface area contributed by atoms with Crippen molar-refractivity contribution in [3.05, 3.63) is 52.9 Å². The molecule has 0 amide bonds. The van der Waals surface area contributed by atoms with E-state index in [4.69, 9.17) is 16.0 Å². The van der Waals surface area contributed by atoms with Crippen molar-refractivity contribution in [1.82, 2.24) is 5.32 Å². The molecule has 1 aromatic heterocycles. The molecule has 0 aliphatic rings. The Kier molecular flexibility index (Phi) is 4.88. The predicted octanol–water partition coefficient (Wildman–Crippen LogP) is 3.68. The van der Waals surface area contributed by atoms with E-state index in [0.29, 0.717) is 0 Å². The van der Waals surface area contributed by atoms with Crippen LogP contribution in [0.5, 0.6) is 0 Å². The smallest absolute Gasteiger partial charge is 0.0952 e. The average molecular weight is 279 g/mol. The van der Waals surface area contributed by atoms with E-state index in [1.807, 2.05) is 19.2 Å². The minimum Gasteiger partial charge on any atom is -0.472 e. The van der Waals surface area contributed by atoms with E-state index in [1.54, 1.807) is 12.5 Å². The minimum atomic E-state index is 0.803. The van der Waals surface area contributed by atoms with E-state index >= 15 is 0 Å². The summed E-state index contributed by atoms with van der Waals surface area (Å²) in [6, 6.07) is 8.15. The first-order chi connectivity index (χ1) is 9.20. The molecule has 0 aliphatic heterocycles. The van der Waals surface area contributed by atoms with Crippen molar-refractivity contribution in [3.63, 3.8) is 0 Å². The molecule has 2 rings (SSSR count). The van der Waals surface area contributed by atoms with Crippen molar-refractivity contribution in [2.45, 2.75) is 20.0 Å². The van der Waals surface area contributed by atoms with Gasteiger partial charge in [0.1, 0.15) is 0 Å². The van der Waals surface area contributed by atoms with E-state index in [1.165, 1.54) is 0 Å². The molecule has 19 heavy (non-hydrogen) atoms. The molecule has 2 aromatic rings. The van der Waals surface area contributed by atoms with Gasteiger partial charge in [0.05, 0.1) is 12.5 Å². The molecule has 3 nitrogen and oxygen atoms in total. The number of hydrogen-bond acceptors (Lipinski definition) is 3. The second-order valence-corrected chi connectivity index (χ2v) is 4.95. The highest BCUT2D eigenvalue weighted by Gasteiger charge is 2.06. The fraction of sp³-hybridized carbons (Fsp3) is 0.333. The summed E-state index contributed by atoms with van der Waals surface area (Å²) in [5.41, 5.74) is 3.38. The summed E-state index contributed by atoms with van der Waals surface area (Å²) in [4.78, 5) is 2.15. The first kappa shape index (κ1) is 14.0. The van der Waals surface area contributed by atoms with Gasteiger partial charge in [0, 0.05) is 36.4 Å². The van der Waals surface area contributed by atoms with Crippen molar-refractivity contribution >= 4 is 17.3 Å². The number of benzene rings is 1. The third-order valence-electron chi connectivity index (χ3n) is 3.04. The zero-order chi connectivity index (χ0) is 13.7. The van der Waals surface area contributed by atoms with Gasteiger partial charge in [0.15, 0.2) is 0 Å². The van der Waals surface area contributed by atoms with E-state index in [-0.39, 0.29) is 0 Å². The normalized spacial score (nSPS) is 10.7. The van der Waals surface area contributed by atoms with Crippen LogP contribution in [0.15, 0.2) is 41.2 Å². The Labute approximate surface area is 119 Å². The minimum absolute atomic E-state index is 0.803. The molecule has 102 valence electrons. The monoisotopic (exact) mass is 278 g/mol. The van der Waals surface area contributed by atoms with Gasteiger partial charge in [0.2, 0.25) is 0 Å². The van der Waals surface area contributed by atoms with Crippen LogP contribution in [0.25, 0.3) is 0 Å². The van der Waals surface area contributed by atoms with Gasteiger partial charge >= 0.3 is 0 Å². The molecule has 4 heteroatoms. The fourth-order valence-corrected chi connectivity index (χ4v) is 2.17. The number of nitrogens with one attached hydrogen (secondary N) is 1. The maximum atomic E-state index is 6.31. The molecule has 0 bridgehead atoms. The lowest BCUT2D eigenvalue weighted by Crippen LogP contribution is -2.16. The third kappa shape index (κ3) is 3.75. The van der Waals surface area contributed by atoms with Crippen molar-refractivity contribution in [2.24, 2.45) is 0 Å². The Morgan fingerprint density at radius 1 is 1.32 bits per heavy atom. The topological polar surface area (TPSA) is 28.4 Å². The molecule has 1 heterocycles. The van der Waals surface area contributed by atoms with Crippen LogP contribution < -0.4 is 10.2 Å². The molecular formula is C15H19ClN2O. The number of furan rings is 1. The van der Waals surface area contributed by atoms with Gasteiger partial charge in [-0.2, -0.15) is 0 Å². The average Bonchev–Trinajstić information content (AvgIpc) is 2.90. The summed E-state index contributed by atoms with van der Waals surface area (Å²) in [7, 11) is 2.04. The molecule has 0 unspecified atom stereocenters. The number of anilines is 1. The highest BCUT2D eigenvalue weighted by atomic mass is 35.5. The zero-order valence-corrected chi connectivity index (χ0v) is 12.1. The van der Waals surface area contributed by atoms with Crippen molar-refractivity contribution in [3.8, 4) is 0 Å². The molecule has 0 fully saturated rings. The molecular weight excluding hydrogens is 260 g/mol. The molecule has 1 N–H and O–H groups in total. The number of hydrogen-bond donors (Lipinski definition) is 1. The van der Waals surface area contributed by atoms with E-state index in [0.717, 1.165) is 41.5 Å². The first-order valence-corrected chi connectivity index (χ1v) is 6.80. The molecule has 0 saturated heterocycles. The summed E-state index contributed by atoms with van der Waals surface area (Å²) < 4.78 is 5.08. The van der Waals surface area contributed by atoms with Crippen LogP contribution >= 0.6 is 11.6 Å². The van der Waals surface area contributed by atoms with Crippen LogP contribution in [0.1, 0.15) is 18.1 Å². The van der Waals surface area contributed by atoms with Crippen LogP contribution in [0, 0.1) is 0 Å². The zero-order valence-electron chi connectivity index (χ0n) is 11.3. The highest BCUT2D eigenvalue weighted by molar-refractivity contribution is 6.31. The molecule has 0 spiro atoms. The third-order valence-corrected chi connectivity index (χ3v) is 3.39. The van der Waals surface area contributed by atoms with E-state index in [2.05, 4.69) is 29.3 Å². The summed E-state index contributed by atoms with van der Waals surface area (Å²) in [5.74, 6) is 0. The SMILES string of the molecule is CCNCc1ccc(N(C)Cc2ccoc2)cc1Cl. The Morgan fingerprint density at radius 3 is 2.79 bits per heavy atom. The lowest BCUT2D eigenvalue weighted by atomic mass is 10.2. The Morgan fingerprint density at radius 2 is 2.16 bits per heavy atom. The summed E-state index contributed by atoms with van der Waals surface area (Å²) >= 11 is 6.31. The summed E-state index contributed by atoms with van der Waals surface area (Å²) in [6.07, 6.45) is 3.45. The Bertz CT molecular complexity index is 511. The summed E-state index contributed by atoms with van der Waals surface area (Å²) in [6.45, 7) is 4.64. The molecule has 1 aromatic carbocycles. The maximum Gasteiger partial charge on any atom is 0.0952 e. The largest absolute Gasteiger partial charge is 0.472 e. The fourth-order valence-electron chi connectivity index (χ4n) is 1.92. The maximum absolute atomic E-state index is 6.31. The van der Waals surface area contributed by atoms with Crippen LogP contribution in [-0.4, -0.2) is 13.6 Å². The lowest BCUT2D eigenvalue weighted by molar-refractivity contribution is 0.563. The van der Waals surface area contributed by atoms with Crippen molar-refractivity contribution in [1.29, 1.82) is 0 Å². The van der Waals surface area contributed by atoms with E-state index < -0.39 is 0 Å². The lowest BCUT2D eigenvalue weighted by Gasteiger charge is -2.19. The van der Waals surface area contributed by atoms with Crippen molar-refractivity contribution in [2.75, 3.05) is 18.5 Å². The van der Waals surface area contributed by atoms with Gasteiger partial charge in [-0.1, -0.05) is 24.6 Å². The van der Waals surface area contributed by atoms with Gasteiger partial charge in [-0.05, 0) is 30.3 Å². The van der Waals surface area contributed by atoms with Gasteiger partial charge in [-0.25, -0.2) is 0 Å². The highest BCUT2D eigenvalue weighted by Crippen LogP contribution is 2.24. The Hall–Kier alpha value is -1.45. The Balaban J connectivity index is 2.06. The molecule has 0 radical (unpaired) electrons. The van der Waals surface area contributed by atoms with Gasteiger partial charge in [-0.15, -0.1) is 0 Å². The quantitative estimate of drug-likeness (QED) is 0.874. The van der Waals surface area contributed by atoms with Crippen LogP contribution in [0.4, 0.5) is 5.69 Å². The van der Waals surface area contributed by atoms with Gasteiger partial charge < -0.3 is 14.6 Å². The second kappa shape index (κ2) is 6.64. The molecule has 0 aliphatic carbocycles. The van der Waals surface area contributed by atoms with Crippen LogP contribution in [0.2, 0.25) is 5.02 Å². The van der Waals surface area contributed by atoms with E-state index in [9.17, 15) is 0 Å². The standard InChI is InChI=1S/C15H19ClN2O/c1-3-17-9-13-4-5-14(8-15(13)16)18(2)10-12-6-7-19-11-12/h4-8,11,17H,3,9-10H2,1-2H3. The first-order valence-electron chi connectivity index (χ1n) is 6.42. The van der Waals surface area contributed by atoms with Crippen LogP contribution in [-0.2, 0) is 13.1 Å². The van der Waals surface area contributed by atoms with Gasteiger partial charge in [0.25, 0.3) is 0 Å². The van der Waals surface area contributed by atoms with Crippen LogP contribution in [0.3, 0.4) is 0 Å². The predicted molar refractivity (Wildman–Crippen MR) is 79.6 cm³/mol. The number of nitrogens with zero attached hydrogens (tertiary/aromatic N) is 1. The van der Waals surface area contributed by atoms with Gasteiger partial charge in [-0.3, -0.25) is 0 Å². The number of halogens is 1. The summed E-state index contributed by atoms with van der Waals surface area (Å²) in [5, 5.41) is 4.08. The molecule has 0 saturated carbocycles.